The topological polar surface area (TPSA) is 36.3 Å². The van der Waals surface area contributed by atoms with E-state index in [1.165, 1.54) is 0 Å². The molecule has 3 nitrogen and oxygen atoms in total. The van der Waals surface area contributed by atoms with E-state index in [9.17, 15) is 18.4 Å². The van der Waals surface area contributed by atoms with Crippen molar-refractivity contribution in [2.24, 2.45) is 11.3 Å². The summed E-state index contributed by atoms with van der Waals surface area (Å²) in [6.07, 6.45) is -0.328. The molecule has 2 fully saturated rings. The van der Waals surface area contributed by atoms with E-state index in [-0.39, 0.29) is 31.2 Å². The molecular weight excluding hydrogens is 365 g/mol. The summed E-state index contributed by atoms with van der Waals surface area (Å²) < 4.78 is 46.7. The van der Waals surface area contributed by atoms with Crippen molar-refractivity contribution >= 4 is 0 Å². The third kappa shape index (κ3) is 4.06. The van der Waals surface area contributed by atoms with Crippen LogP contribution in [-0.4, -0.2) is 35.8 Å². The van der Waals surface area contributed by atoms with Crippen LogP contribution in [0.4, 0.5) is 13.2 Å². The average molecular weight is 394 g/mol. The van der Waals surface area contributed by atoms with E-state index in [4.69, 9.17) is 4.74 Å². The van der Waals surface area contributed by atoms with Crippen molar-refractivity contribution in [1.82, 2.24) is 4.90 Å². The molecule has 1 heterocycles. The normalized spacial score (nSPS) is 28.0. The summed E-state index contributed by atoms with van der Waals surface area (Å²) in [7, 11) is 0. The second-order valence-electron chi connectivity index (χ2n) is 8.75. The minimum Gasteiger partial charge on any atom is -0.358 e. The van der Waals surface area contributed by atoms with Gasteiger partial charge in [0.05, 0.1) is 12.7 Å². The molecule has 1 aromatic rings. The fourth-order valence-corrected chi connectivity index (χ4v) is 4.67. The van der Waals surface area contributed by atoms with Crippen LogP contribution >= 0.6 is 0 Å². The van der Waals surface area contributed by atoms with E-state index < -0.39 is 11.8 Å². The molecule has 1 aromatic carbocycles. The average Bonchev–Trinajstić information content (AvgIpc) is 2.62. The lowest BCUT2D eigenvalue weighted by Gasteiger charge is -2.55. The van der Waals surface area contributed by atoms with E-state index in [1.807, 2.05) is 11.0 Å². The van der Waals surface area contributed by atoms with E-state index in [1.54, 1.807) is 24.3 Å². The van der Waals surface area contributed by atoms with Crippen molar-refractivity contribution in [3.8, 4) is 6.07 Å². The number of halogens is 3. The molecule has 0 atom stereocenters. The van der Waals surface area contributed by atoms with Crippen LogP contribution in [0.1, 0.15) is 51.5 Å². The van der Waals surface area contributed by atoms with Gasteiger partial charge in [-0.05, 0) is 42.6 Å². The van der Waals surface area contributed by atoms with Crippen LogP contribution in [0.5, 0.6) is 0 Å². The predicted molar refractivity (Wildman–Crippen MR) is 101 cm³/mol. The molecule has 1 saturated heterocycles. The lowest BCUT2D eigenvalue weighted by atomic mass is 9.64. The van der Waals surface area contributed by atoms with Crippen LogP contribution in [0.3, 0.4) is 0 Å². The number of ether oxygens (including phenoxy) is 1. The molecule has 2 aliphatic rings. The molecule has 0 N–H and O–H groups in total. The number of hydrogen-bond donors (Lipinski definition) is 0. The molecule has 1 saturated carbocycles. The van der Waals surface area contributed by atoms with Gasteiger partial charge in [0.15, 0.2) is 5.60 Å². The van der Waals surface area contributed by atoms with Crippen LogP contribution in [-0.2, 0) is 11.3 Å². The Morgan fingerprint density at radius 3 is 2.29 bits per heavy atom. The SMILES string of the molecule is CC(C)[C@]1(CC#N)CC[C@@H](N2CC(OCc3ccccc3)(C(F)(F)F)C2)CC1. The zero-order valence-corrected chi connectivity index (χ0v) is 16.6. The Kier molecular flexibility index (Phi) is 6.07. The van der Waals surface area contributed by atoms with Crippen LogP contribution in [0.25, 0.3) is 0 Å². The molecule has 3 rings (SSSR count). The summed E-state index contributed by atoms with van der Waals surface area (Å²) in [6, 6.07) is 11.5. The first kappa shape index (κ1) is 21.1. The predicted octanol–water partition coefficient (Wildman–Crippen LogP) is 5.32. The summed E-state index contributed by atoms with van der Waals surface area (Å²) >= 11 is 0. The van der Waals surface area contributed by atoms with Crippen molar-refractivity contribution in [2.45, 2.75) is 70.4 Å². The van der Waals surface area contributed by atoms with E-state index >= 15 is 0 Å². The Labute approximate surface area is 165 Å². The van der Waals surface area contributed by atoms with Crippen molar-refractivity contribution in [1.29, 1.82) is 5.26 Å². The molecule has 0 unspecified atom stereocenters. The molecular formula is C22H29F3N2O. The van der Waals surface area contributed by atoms with Gasteiger partial charge >= 0.3 is 6.18 Å². The van der Waals surface area contributed by atoms with Crippen LogP contribution < -0.4 is 0 Å². The zero-order chi connectivity index (χ0) is 20.4. The van der Waals surface area contributed by atoms with Gasteiger partial charge in [-0.15, -0.1) is 0 Å². The second kappa shape index (κ2) is 8.04. The third-order valence-corrected chi connectivity index (χ3v) is 6.91. The first-order chi connectivity index (χ1) is 13.2. The molecule has 0 radical (unpaired) electrons. The highest BCUT2D eigenvalue weighted by Crippen LogP contribution is 2.49. The number of alkyl halides is 3. The van der Waals surface area contributed by atoms with Gasteiger partial charge in [0.2, 0.25) is 0 Å². The number of nitrogens with zero attached hydrogens (tertiary/aromatic N) is 2. The highest BCUT2D eigenvalue weighted by molar-refractivity contribution is 5.14. The minimum atomic E-state index is -4.38. The van der Waals surface area contributed by atoms with Crippen molar-refractivity contribution in [3.05, 3.63) is 35.9 Å². The van der Waals surface area contributed by atoms with Gasteiger partial charge in [-0.2, -0.15) is 18.4 Å². The van der Waals surface area contributed by atoms with Crippen molar-refractivity contribution in [3.63, 3.8) is 0 Å². The first-order valence-electron chi connectivity index (χ1n) is 10.1. The Hall–Kier alpha value is -1.58. The maximum absolute atomic E-state index is 13.7. The van der Waals surface area contributed by atoms with Crippen molar-refractivity contribution < 1.29 is 17.9 Å². The van der Waals surface area contributed by atoms with Gasteiger partial charge in [0, 0.05) is 25.6 Å². The smallest absolute Gasteiger partial charge is 0.358 e. The van der Waals surface area contributed by atoms with Crippen molar-refractivity contribution in [2.75, 3.05) is 13.1 Å². The lowest BCUT2D eigenvalue weighted by molar-refractivity contribution is -0.327. The largest absolute Gasteiger partial charge is 0.419 e. The molecule has 6 heteroatoms. The summed E-state index contributed by atoms with van der Waals surface area (Å²) in [6.45, 7) is 4.07. The number of nitriles is 1. The number of benzene rings is 1. The van der Waals surface area contributed by atoms with E-state index in [0.717, 1.165) is 31.2 Å². The standard InChI is InChI=1S/C22H29F3N2O/c1-17(2)20(12-13-26)10-8-19(9-11-20)27-15-21(16-27,22(23,24)25)28-14-18-6-4-3-5-7-18/h3-7,17,19H,8-12,14-16H2,1-2H3/t19-,20-. The van der Waals surface area contributed by atoms with Crippen LogP contribution in [0.15, 0.2) is 30.3 Å². The molecule has 0 spiro atoms. The summed E-state index contributed by atoms with van der Waals surface area (Å²) in [4.78, 5) is 1.93. The van der Waals surface area contributed by atoms with E-state index in [0.29, 0.717) is 12.3 Å². The maximum atomic E-state index is 13.7. The highest BCUT2D eigenvalue weighted by Gasteiger charge is 2.64. The highest BCUT2D eigenvalue weighted by atomic mass is 19.4. The third-order valence-electron chi connectivity index (χ3n) is 6.91. The summed E-state index contributed by atoms with van der Waals surface area (Å²) in [5, 5.41) is 9.17. The van der Waals surface area contributed by atoms with Gasteiger partial charge < -0.3 is 4.74 Å². The Morgan fingerprint density at radius 2 is 1.79 bits per heavy atom. The maximum Gasteiger partial charge on any atom is 0.419 e. The van der Waals surface area contributed by atoms with E-state index in [2.05, 4.69) is 19.9 Å². The number of rotatable bonds is 6. The fraction of sp³-hybridized carbons (Fsp3) is 0.682. The van der Waals surface area contributed by atoms with Gasteiger partial charge in [0.1, 0.15) is 0 Å². The minimum absolute atomic E-state index is 0.0149. The molecule has 0 amide bonds. The molecule has 0 aromatic heterocycles. The molecule has 1 aliphatic carbocycles. The molecule has 1 aliphatic heterocycles. The van der Waals surface area contributed by atoms with Crippen LogP contribution in [0, 0.1) is 22.7 Å². The van der Waals surface area contributed by atoms with Gasteiger partial charge in [0.25, 0.3) is 0 Å². The Morgan fingerprint density at radius 1 is 1.18 bits per heavy atom. The number of hydrogen-bond acceptors (Lipinski definition) is 3. The summed E-state index contributed by atoms with van der Waals surface area (Å²) in [5.74, 6) is 0.410. The Bertz CT molecular complexity index is 682. The fourth-order valence-electron chi connectivity index (χ4n) is 4.67. The molecule has 28 heavy (non-hydrogen) atoms. The van der Waals surface area contributed by atoms with Gasteiger partial charge in [-0.25, -0.2) is 0 Å². The quantitative estimate of drug-likeness (QED) is 0.655. The van der Waals surface area contributed by atoms with Gasteiger partial charge in [-0.1, -0.05) is 44.2 Å². The monoisotopic (exact) mass is 394 g/mol. The van der Waals surface area contributed by atoms with Crippen LogP contribution in [0.2, 0.25) is 0 Å². The summed E-state index contributed by atoms with van der Waals surface area (Å²) in [5.41, 5.74) is -1.30. The second-order valence-corrected chi connectivity index (χ2v) is 8.75. The zero-order valence-electron chi connectivity index (χ0n) is 16.6. The number of likely N-dealkylation sites (tertiary alicyclic amines) is 1. The molecule has 0 bridgehead atoms. The Balaban J connectivity index is 1.59. The first-order valence-corrected chi connectivity index (χ1v) is 10.1. The lowest BCUT2D eigenvalue weighted by Crippen LogP contribution is -2.72. The molecule has 154 valence electrons. The van der Waals surface area contributed by atoms with Gasteiger partial charge in [-0.3, -0.25) is 4.90 Å².